The summed E-state index contributed by atoms with van der Waals surface area (Å²) in [7, 11) is 1.66. The number of methoxy groups -OCH3 is 1. The molecule has 3 aromatic rings. The lowest BCUT2D eigenvalue weighted by molar-refractivity contribution is -0.113. The van der Waals surface area contributed by atoms with Crippen LogP contribution in [0, 0.1) is 0 Å². The number of nitrogens with zero attached hydrogens (tertiary/aromatic N) is 2. The topological polar surface area (TPSA) is 42.4 Å². The molecule has 2 heterocycles. The largest absolute Gasteiger partial charge is 0.497 e. The van der Waals surface area contributed by atoms with E-state index in [0.717, 1.165) is 28.2 Å². The molecule has 0 N–H and O–H groups in total. The van der Waals surface area contributed by atoms with Gasteiger partial charge in [0, 0.05) is 18.3 Å². The average molecular weight is 376 g/mol. The van der Waals surface area contributed by atoms with Gasteiger partial charge in [-0.15, -0.1) is 0 Å². The summed E-state index contributed by atoms with van der Waals surface area (Å²) in [6.45, 7) is 0.683. The quantitative estimate of drug-likeness (QED) is 0.607. The molecule has 0 aliphatic carbocycles. The molecule has 27 heavy (non-hydrogen) atoms. The van der Waals surface area contributed by atoms with Gasteiger partial charge in [-0.2, -0.15) is 0 Å². The normalized spacial score (nSPS) is 19.3. The van der Waals surface area contributed by atoms with Crippen LogP contribution in [0.2, 0.25) is 0 Å². The van der Waals surface area contributed by atoms with Crippen LogP contribution >= 0.6 is 11.8 Å². The number of fused-ring (bicyclic) bond motifs is 1. The van der Waals surface area contributed by atoms with E-state index in [2.05, 4.69) is 34.1 Å². The van der Waals surface area contributed by atoms with Crippen molar-refractivity contribution in [2.75, 3.05) is 7.11 Å². The van der Waals surface area contributed by atoms with E-state index in [-0.39, 0.29) is 11.4 Å². The maximum Gasteiger partial charge on any atom is 0.141 e. The van der Waals surface area contributed by atoms with Crippen molar-refractivity contribution in [1.29, 1.82) is 0 Å². The number of pyridine rings is 1. The Kier molecular flexibility index (Phi) is 5.23. The fourth-order valence-corrected chi connectivity index (χ4v) is 4.67. The molecule has 5 heteroatoms. The summed E-state index contributed by atoms with van der Waals surface area (Å²) >= 11 is 1.69. The Bertz CT molecular complexity index is 915. The lowest BCUT2D eigenvalue weighted by Crippen LogP contribution is -2.35. The summed E-state index contributed by atoms with van der Waals surface area (Å²) in [5.41, 5.74) is 3.27. The summed E-state index contributed by atoms with van der Waals surface area (Å²) in [5, 5.41) is 0.911. The number of carbonyl (C=O) groups excluding carboxylic acids is 1. The maximum absolute atomic E-state index is 12.1. The molecule has 0 radical (unpaired) electrons. The van der Waals surface area contributed by atoms with Gasteiger partial charge in [0.1, 0.15) is 17.1 Å². The van der Waals surface area contributed by atoms with E-state index in [1.807, 2.05) is 42.5 Å². The summed E-state index contributed by atoms with van der Waals surface area (Å²) < 4.78 is 5.29. The molecule has 1 aromatic heterocycles. The highest BCUT2D eigenvalue weighted by atomic mass is 32.2. The van der Waals surface area contributed by atoms with Crippen molar-refractivity contribution in [2.45, 2.75) is 23.0 Å². The summed E-state index contributed by atoms with van der Waals surface area (Å²) in [4.78, 5) is 18.9. The molecule has 0 bridgehead atoms. The third kappa shape index (κ3) is 3.61. The van der Waals surface area contributed by atoms with Crippen molar-refractivity contribution < 1.29 is 9.53 Å². The van der Waals surface area contributed by atoms with E-state index in [1.165, 1.54) is 5.56 Å². The molecule has 2 unspecified atom stereocenters. The zero-order valence-electron chi connectivity index (χ0n) is 15.0. The minimum absolute atomic E-state index is 0.00582. The van der Waals surface area contributed by atoms with E-state index in [9.17, 15) is 4.79 Å². The Hall–Kier alpha value is -2.63. The number of hydrogen-bond donors (Lipinski definition) is 0. The predicted molar refractivity (Wildman–Crippen MR) is 107 cm³/mol. The van der Waals surface area contributed by atoms with Gasteiger partial charge in [0.05, 0.1) is 18.5 Å². The van der Waals surface area contributed by atoms with Crippen molar-refractivity contribution >= 4 is 18.0 Å². The molecule has 0 amide bonds. The minimum atomic E-state index is -0.331. The lowest BCUT2D eigenvalue weighted by Gasteiger charge is -2.40. The molecule has 0 saturated heterocycles. The molecule has 0 spiro atoms. The number of carbonyl (C=O) groups is 1. The minimum Gasteiger partial charge on any atom is -0.497 e. The second-order valence-corrected chi connectivity index (χ2v) is 7.45. The number of rotatable bonds is 5. The van der Waals surface area contributed by atoms with Crippen molar-refractivity contribution in [2.24, 2.45) is 0 Å². The van der Waals surface area contributed by atoms with Crippen LogP contribution in [0.3, 0.4) is 0 Å². The van der Waals surface area contributed by atoms with Gasteiger partial charge < -0.3 is 9.53 Å². The SMILES string of the molecule is COc1ccc(C2Sc3ncccc3C(C=O)N2Cc2ccccc2)cc1. The van der Waals surface area contributed by atoms with Crippen LogP contribution in [0.5, 0.6) is 5.75 Å². The average Bonchev–Trinajstić information content (AvgIpc) is 2.74. The lowest BCUT2D eigenvalue weighted by atomic mass is 10.0. The molecule has 2 aromatic carbocycles. The van der Waals surface area contributed by atoms with E-state index in [1.54, 1.807) is 25.1 Å². The van der Waals surface area contributed by atoms with Crippen LogP contribution in [0.15, 0.2) is 78.0 Å². The summed E-state index contributed by atoms with van der Waals surface area (Å²) in [6, 6.07) is 21.8. The summed E-state index contributed by atoms with van der Waals surface area (Å²) in [6.07, 6.45) is 2.81. The van der Waals surface area contributed by atoms with Crippen molar-refractivity contribution in [1.82, 2.24) is 9.88 Å². The summed E-state index contributed by atoms with van der Waals surface area (Å²) in [5.74, 6) is 0.819. The first-order valence-electron chi connectivity index (χ1n) is 8.80. The first-order valence-corrected chi connectivity index (χ1v) is 9.68. The van der Waals surface area contributed by atoms with Gasteiger partial charge in [0.15, 0.2) is 0 Å². The van der Waals surface area contributed by atoms with Crippen LogP contribution in [0.25, 0.3) is 0 Å². The number of thioether (sulfide) groups is 1. The second kappa shape index (κ2) is 7.94. The molecule has 4 nitrogen and oxygen atoms in total. The van der Waals surface area contributed by atoms with Crippen molar-refractivity contribution in [3.05, 3.63) is 89.6 Å². The van der Waals surface area contributed by atoms with Gasteiger partial charge in [0.2, 0.25) is 0 Å². The third-order valence-electron chi connectivity index (χ3n) is 4.74. The van der Waals surface area contributed by atoms with E-state index < -0.39 is 0 Å². The smallest absolute Gasteiger partial charge is 0.141 e. The molecule has 2 atom stereocenters. The predicted octanol–water partition coefficient (Wildman–Crippen LogP) is 4.64. The molecule has 1 aliphatic rings. The third-order valence-corrected chi connectivity index (χ3v) is 6.07. The Balaban J connectivity index is 1.76. The molecule has 0 fully saturated rings. The fraction of sp³-hybridized carbons (Fsp3) is 0.182. The van der Waals surface area contributed by atoms with Gasteiger partial charge in [-0.05, 0) is 29.3 Å². The zero-order chi connectivity index (χ0) is 18.6. The molecule has 4 rings (SSSR count). The Labute approximate surface area is 163 Å². The standard InChI is InChI=1S/C22H20N2O2S/c1-26-18-11-9-17(10-12-18)22-24(14-16-6-3-2-4-7-16)20(15-25)19-8-5-13-23-21(19)27-22/h2-13,15,20,22H,14H2,1H3. The molecular weight excluding hydrogens is 356 g/mol. The molecule has 136 valence electrons. The highest BCUT2D eigenvalue weighted by Crippen LogP contribution is 2.48. The van der Waals surface area contributed by atoms with Crippen LogP contribution in [0.1, 0.15) is 28.1 Å². The van der Waals surface area contributed by atoms with Gasteiger partial charge >= 0.3 is 0 Å². The van der Waals surface area contributed by atoms with Gasteiger partial charge in [0.25, 0.3) is 0 Å². The zero-order valence-corrected chi connectivity index (χ0v) is 15.8. The van der Waals surface area contributed by atoms with Gasteiger partial charge in [-0.1, -0.05) is 60.3 Å². The van der Waals surface area contributed by atoms with Crippen molar-refractivity contribution in [3.8, 4) is 5.75 Å². The number of ether oxygens (including phenoxy) is 1. The van der Waals surface area contributed by atoms with Crippen molar-refractivity contribution in [3.63, 3.8) is 0 Å². The van der Waals surface area contributed by atoms with Crippen LogP contribution in [-0.4, -0.2) is 23.3 Å². The molecule has 0 saturated carbocycles. The van der Waals surface area contributed by atoms with E-state index in [4.69, 9.17) is 4.74 Å². The Morgan fingerprint density at radius 2 is 1.85 bits per heavy atom. The van der Waals surface area contributed by atoms with Crippen LogP contribution in [-0.2, 0) is 11.3 Å². The van der Waals surface area contributed by atoms with E-state index >= 15 is 0 Å². The molecule has 1 aliphatic heterocycles. The Morgan fingerprint density at radius 1 is 1.07 bits per heavy atom. The Morgan fingerprint density at radius 3 is 2.56 bits per heavy atom. The second-order valence-electron chi connectivity index (χ2n) is 6.38. The molecular formula is C22H20N2O2S. The van der Waals surface area contributed by atoms with E-state index in [0.29, 0.717) is 6.54 Å². The number of aromatic nitrogens is 1. The number of hydrogen-bond acceptors (Lipinski definition) is 5. The highest BCUT2D eigenvalue weighted by molar-refractivity contribution is 7.99. The van der Waals surface area contributed by atoms with Gasteiger partial charge in [-0.25, -0.2) is 4.98 Å². The van der Waals surface area contributed by atoms with Crippen LogP contribution < -0.4 is 4.74 Å². The first-order chi connectivity index (χ1) is 13.3. The monoisotopic (exact) mass is 376 g/mol. The highest BCUT2D eigenvalue weighted by Gasteiger charge is 2.36. The van der Waals surface area contributed by atoms with Gasteiger partial charge in [-0.3, -0.25) is 4.90 Å². The fourth-order valence-electron chi connectivity index (χ4n) is 3.38. The number of aldehydes is 1. The first kappa shape index (κ1) is 17.8. The van der Waals surface area contributed by atoms with Crippen LogP contribution in [0.4, 0.5) is 0 Å². The number of benzene rings is 2. The maximum atomic E-state index is 12.1.